The number of carbonyl (C=O) groups is 1. The Morgan fingerprint density at radius 2 is 2.00 bits per heavy atom. The van der Waals surface area contributed by atoms with Crippen LogP contribution in [0.1, 0.15) is 19.3 Å². The molecule has 2 aliphatic heterocycles. The molecule has 6 heteroatoms. The first-order valence-corrected chi connectivity index (χ1v) is 8.17. The van der Waals surface area contributed by atoms with Gasteiger partial charge in [0.1, 0.15) is 5.82 Å². The Kier molecular flexibility index (Phi) is 4.17. The van der Waals surface area contributed by atoms with Crippen LogP contribution in [0.5, 0.6) is 0 Å². The number of likely N-dealkylation sites (tertiary alicyclic amines) is 1. The first kappa shape index (κ1) is 14.1. The van der Waals surface area contributed by atoms with Gasteiger partial charge in [-0.05, 0) is 41.3 Å². The predicted octanol–water partition coefficient (Wildman–Crippen LogP) is 2.95. The van der Waals surface area contributed by atoms with E-state index in [9.17, 15) is 4.79 Å². The molecule has 4 nitrogen and oxygen atoms in total. The Hall–Kier alpha value is -0.810. The average Bonchev–Trinajstić information content (AvgIpc) is 2.40. The Morgan fingerprint density at radius 1 is 1.30 bits per heavy atom. The van der Waals surface area contributed by atoms with E-state index in [4.69, 9.17) is 11.6 Å². The van der Waals surface area contributed by atoms with Gasteiger partial charge in [0.25, 0.3) is 0 Å². The predicted molar refractivity (Wildman–Crippen MR) is 83.1 cm³/mol. The number of anilines is 1. The second-order valence-corrected chi connectivity index (χ2v) is 6.74. The zero-order valence-corrected chi connectivity index (χ0v) is 13.5. The van der Waals surface area contributed by atoms with Crippen molar-refractivity contribution in [1.82, 2.24) is 9.88 Å². The molecule has 3 heterocycles. The van der Waals surface area contributed by atoms with Crippen LogP contribution < -0.4 is 4.90 Å². The maximum Gasteiger partial charge on any atom is 0.229 e. The molecule has 0 radical (unpaired) electrons. The van der Waals surface area contributed by atoms with Crippen molar-refractivity contribution < 1.29 is 4.79 Å². The molecule has 0 spiro atoms. The van der Waals surface area contributed by atoms with Crippen LogP contribution >= 0.6 is 27.5 Å². The number of piperidine rings is 1. The lowest BCUT2D eigenvalue weighted by atomic mass is 9.97. The van der Waals surface area contributed by atoms with Crippen molar-refractivity contribution in [2.24, 2.45) is 5.92 Å². The molecule has 0 saturated carbocycles. The first-order chi connectivity index (χ1) is 9.65. The minimum absolute atomic E-state index is 0.123. The van der Waals surface area contributed by atoms with Gasteiger partial charge >= 0.3 is 0 Å². The van der Waals surface area contributed by atoms with Gasteiger partial charge in [-0.3, -0.25) is 4.79 Å². The van der Waals surface area contributed by atoms with Crippen LogP contribution in [0.4, 0.5) is 5.82 Å². The Bertz CT molecular complexity index is 513. The molecule has 3 rings (SSSR count). The van der Waals surface area contributed by atoms with Crippen LogP contribution in [0.3, 0.4) is 0 Å². The summed E-state index contributed by atoms with van der Waals surface area (Å²) in [6.07, 6.45) is 5.18. The molecule has 2 aliphatic rings. The highest BCUT2D eigenvalue weighted by atomic mass is 79.9. The number of nitrogens with zero attached hydrogens (tertiary/aromatic N) is 3. The van der Waals surface area contributed by atoms with E-state index in [0.717, 1.165) is 49.3 Å². The molecule has 2 fully saturated rings. The molecular weight excluding hydrogens is 342 g/mol. The van der Waals surface area contributed by atoms with Gasteiger partial charge in [0.05, 0.1) is 15.4 Å². The number of aromatic nitrogens is 1. The lowest BCUT2D eigenvalue weighted by Gasteiger charge is -2.42. The zero-order chi connectivity index (χ0) is 14.1. The Labute approximate surface area is 132 Å². The molecule has 1 aromatic rings. The van der Waals surface area contributed by atoms with Crippen LogP contribution in [0.2, 0.25) is 5.02 Å². The van der Waals surface area contributed by atoms with E-state index in [1.54, 1.807) is 6.20 Å². The van der Waals surface area contributed by atoms with Crippen LogP contribution in [-0.4, -0.2) is 42.0 Å². The molecule has 2 saturated heterocycles. The lowest BCUT2D eigenvalue weighted by Crippen LogP contribution is -2.55. The molecule has 0 aromatic carbocycles. The SMILES string of the molecule is O=C(C1CN(c2ncc(Cl)cc2Br)C1)N1CCCCC1. The standard InChI is InChI=1S/C14H17BrClN3O/c15-12-6-11(16)7-17-13(12)19-8-10(9-19)14(20)18-4-2-1-3-5-18/h6-7,10H,1-5,8-9H2. The van der Waals surface area contributed by atoms with Crippen LogP contribution in [0.15, 0.2) is 16.7 Å². The quantitative estimate of drug-likeness (QED) is 0.815. The fraction of sp³-hybridized carbons (Fsp3) is 0.571. The van der Waals surface area contributed by atoms with Crippen LogP contribution in [0.25, 0.3) is 0 Å². The van der Waals surface area contributed by atoms with Gasteiger partial charge in [0.2, 0.25) is 5.91 Å². The highest BCUT2D eigenvalue weighted by molar-refractivity contribution is 9.10. The van der Waals surface area contributed by atoms with Crippen LogP contribution in [0, 0.1) is 5.92 Å². The minimum Gasteiger partial charge on any atom is -0.354 e. The number of amides is 1. The smallest absolute Gasteiger partial charge is 0.229 e. The van der Waals surface area contributed by atoms with E-state index in [0.29, 0.717) is 10.9 Å². The van der Waals surface area contributed by atoms with E-state index >= 15 is 0 Å². The fourth-order valence-electron chi connectivity index (χ4n) is 2.82. The van der Waals surface area contributed by atoms with Gasteiger partial charge < -0.3 is 9.80 Å². The summed E-state index contributed by atoms with van der Waals surface area (Å²) in [5.41, 5.74) is 0. The third-order valence-corrected chi connectivity index (χ3v) is 4.78. The van der Waals surface area contributed by atoms with E-state index in [1.165, 1.54) is 6.42 Å². The highest BCUT2D eigenvalue weighted by Crippen LogP contribution is 2.32. The molecule has 0 unspecified atom stereocenters. The van der Waals surface area contributed by atoms with Crippen molar-refractivity contribution in [3.63, 3.8) is 0 Å². The summed E-state index contributed by atoms with van der Waals surface area (Å²) < 4.78 is 0.883. The topological polar surface area (TPSA) is 36.4 Å². The first-order valence-electron chi connectivity index (χ1n) is 7.00. The number of rotatable bonds is 2. The van der Waals surface area contributed by atoms with Crippen molar-refractivity contribution in [2.75, 3.05) is 31.1 Å². The lowest BCUT2D eigenvalue weighted by molar-refractivity contribution is -0.137. The van der Waals surface area contributed by atoms with E-state index in [1.807, 2.05) is 11.0 Å². The van der Waals surface area contributed by atoms with Crippen molar-refractivity contribution in [3.8, 4) is 0 Å². The minimum atomic E-state index is 0.123. The van der Waals surface area contributed by atoms with Gasteiger partial charge in [-0.1, -0.05) is 11.6 Å². The molecule has 108 valence electrons. The van der Waals surface area contributed by atoms with E-state index in [2.05, 4.69) is 25.8 Å². The van der Waals surface area contributed by atoms with Gasteiger partial charge in [-0.2, -0.15) is 0 Å². The number of hydrogen-bond donors (Lipinski definition) is 0. The van der Waals surface area contributed by atoms with E-state index in [-0.39, 0.29) is 5.92 Å². The monoisotopic (exact) mass is 357 g/mol. The number of hydrogen-bond acceptors (Lipinski definition) is 3. The normalized spacial score (nSPS) is 19.9. The summed E-state index contributed by atoms with van der Waals surface area (Å²) in [4.78, 5) is 20.8. The fourth-order valence-corrected chi connectivity index (χ4v) is 3.71. The zero-order valence-electron chi connectivity index (χ0n) is 11.2. The Balaban J connectivity index is 1.59. The highest BCUT2D eigenvalue weighted by Gasteiger charge is 2.36. The van der Waals surface area contributed by atoms with Crippen molar-refractivity contribution >= 4 is 39.3 Å². The summed E-state index contributed by atoms with van der Waals surface area (Å²) in [5, 5.41) is 0.613. The second-order valence-electron chi connectivity index (χ2n) is 5.45. The summed E-state index contributed by atoms with van der Waals surface area (Å²) in [5.74, 6) is 1.31. The third kappa shape index (κ3) is 2.79. The summed E-state index contributed by atoms with van der Waals surface area (Å²) in [7, 11) is 0. The van der Waals surface area contributed by atoms with Crippen molar-refractivity contribution in [3.05, 3.63) is 21.8 Å². The van der Waals surface area contributed by atoms with Gasteiger partial charge in [0, 0.05) is 32.4 Å². The number of carbonyl (C=O) groups excluding carboxylic acids is 1. The molecule has 1 aromatic heterocycles. The largest absolute Gasteiger partial charge is 0.354 e. The molecule has 20 heavy (non-hydrogen) atoms. The summed E-state index contributed by atoms with van der Waals surface area (Å²) in [6, 6.07) is 1.84. The molecule has 0 atom stereocenters. The third-order valence-electron chi connectivity index (χ3n) is 3.99. The number of pyridine rings is 1. The van der Waals surface area contributed by atoms with Crippen molar-refractivity contribution in [1.29, 1.82) is 0 Å². The maximum atomic E-state index is 12.3. The van der Waals surface area contributed by atoms with Crippen molar-refractivity contribution in [2.45, 2.75) is 19.3 Å². The summed E-state index contributed by atoms with van der Waals surface area (Å²) in [6.45, 7) is 3.36. The molecule has 0 bridgehead atoms. The molecule has 0 N–H and O–H groups in total. The second kappa shape index (κ2) is 5.90. The Morgan fingerprint density at radius 3 is 2.65 bits per heavy atom. The maximum absolute atomic E-state index is 12.3. The summed E-state index contributed by atoms with van der Waals surface area (Å²) >= 11 is 9.36. The molecular formula is C14H17BrClN3O. The molecule has 0 aliphatic carbocycles. The number of halogens is 2. The van der Waals surface area contributed by atoms with E-state index < -0.39 is 0 Å². The van der Waals surface area contributed by atoms with Gasteiger partial charge in [-0.25, -0.2) is 4.98 Å². The van der Waals surface area contributed by atoms with Gasteiger partial charge in [0.15, 0.2) is 0 Å². The van der Waals surface area contributed by atoms with Crippen LogP contribution in [-0.2, 0) is 4.79 Å². The average molecular weight is 359 g/mol. The molecule has 1 amide bonds. The van der Waals surface area contributed by atoms with Gasteiger partial charge in [-0.15, -0.1) is 0 Å².